The molecule has 0 fully saturated rings. The highest BCUT2D eigenvalue weighted by Crippen LogP contribution is 2.24. The summed E-state index contributed by atoms with van der Waals surface area (Å²) in [5, 5.41) is 14.7. The molecule has 3 aromatic rings. The second-order valence-electron chi connectivity index (χ2n) is 4.98. The van der Waals surface area contributed by atoms with Crippen LogP contribution in [0.25, 0.3) is 0 Å². The van der Waals surface area contributed by atoms with E-state index in [4.69, 9.17) is 4.74 Å². The first kappa shape index (κ1) is 16.5. The second-order valence-corrected chi connectivity index (χ2v) is 6.90. The van der Waals surface area contributed by atoms with Gasteiger partial charge in [-0.3, -0.25) is 10.1 Å². The van der Waals surface area contributed by atoms with E-state index in [1.165, 1.54) is 22.7 Å². The maximum absolute atomic E-state index is 12.2. The van der Waals surface area contributed by atoms with Gasteiger partial charge in [0.2, 0.25) is 5.13 Å². The molecule has 1 aromatic carbocycles. The van der Waals surface area contributed by atoms with Crippen molar-refractivity contribution < 1.29 is 9.53 Å². The molecule has 0 radical (unpaired) electrons. The number of unbranched alkanes of at least 4 members (excludes halogenated alkanes) is 1. The number of hydrogen-bond donors (Lipinski definition) is 1. The van der Waals surface area contributed by atoms with Gasteiger partial charge >= 0.3 is 0 Å². The Balaban J connectivity index is 1.59. The molecule has 0 saturated heterocycles. The molecule has 1 N–H and O–H groups in total. The van der Waals surface area contributed by atoms with Crippen LogP contribution in [0.15, 0.2) is 35.8 Å². The third-order valence-electron chi connectivity index (χ3n) is 3.16. The number of hydrogen-bond acceptors (Lipinski definition) is 7. The number of carbonyl (C=O) groups is 1. The molecular formula is C16H16N4O2S2. The van der Waals surface area contributed by atoms with Crippen molar-refractivity contribution in [2.75, 3.05) is 5.32 Å². The van der Waals surface area contributed by atoms with Gasteiger partial charge < -0.3 is 4.74 Å². The van der Waals surface area contributed by atoms with Crippen LogP contribution in [0.3, 0.4) is 0 Å². The Hall–Kier alpha value is -2.32. The number of nitrogens with one attached hydrogen (secondary N) is 1. The Bertz CT molecular complexity index is 785. The molecule has 1 amide bonds. The number of rotatable bonds is 7. The molecule has 0 saturated carbocycles. The van der Waals surface area contributed by atoms with E-state index >= 15 is 0 Å². The number of ether oxygens (including phenoxy) is 1. The first-order valence-electron chi connectivity index (χ1n) is 7.55. The molecule has 2 aromatic heterocycles. The van der Waals surface area contributed by atoms with Crippen LogP contribution in [0.4, 0.5) is 5.13 Å². The average molecular weight is 360 g/mol. The van der Waals surface area contributed by atoms with Gasteiger partial charge in [0.15, 0.2) is 0 Å². The highest BCUT2D eigenvalue weighted by molar-refractivity contribution is 7.15. The van der Waals surface area contributed by atoms with Crippen LogP contribution in [-0.4, -0.2) is 21.1 Å². The van der Waals surface area contributed by atoms with Crippen molar-refractivity contribution in [3.05, 3.63) is 46.4 Å². The first-order valence-corrected chi connectivity index (χ1v) is 9.25. The third-order valence-corrected chi connectivity index (χ3v) is 4.71. The molecule has 2 heterocycles. The van der Waals surface area contributed by atoms with Gasteiger partial charge in [-0.15, -0.1) is 10.2 Å². The van der Waals surface area contributed by atoms with Crippen molar-refractivity contribution in [2.45, 2.75) is 26.2 Å². The zero-order valence-electron chi connectivity index (χ0n) is 13.1. The van der Waals surface area contributed by atoms with E-state index in [1.54, 1.807) is 30.5 Å². The van der Waals surface area contributed by atoms with E-state index in [0.717, 1.165) is 24.3 Å². The van der Waals surface area contributed by atoms with Gasteiger partial charge in [0.05, 0.1) is 0 Å². The molecule has 0 aliphatic heterocycles. The van der Waals surface area contributed by atoms with Crippen molar-refractivity contribution in [1.29, 1.82) is 0 Å². The Kier molecular flexibility index (Phi) is 5.50. The van der Waals surface area contributed by atoms with Crippen LogP contribution in [0.2, 0.25) is 0 Å². The fourth-order valence-electron chi connectivity index (χ4n) is 1.94. The molecule has 0 bridgehead atoms. The highest BCUT2D eigenvalue weighted by atomic mass is 32.1. The van der Waals surface area contributed by atoms with Crippen LogP contribution in [0, 0.1) is 0 Å². The Labute approximate surface area is 147 Å². The molecule has 24 heavy (non-hydrogen) atoms. The van der Waals surface area contributed by atoms with Gasteiger partial charge in [0.25, 0.3) is 11.1 Å². The maximum atomic E-state index is 12.2. The zero-order chi connectivity index (χ0) is 16.8. The Morgan fingerprint density at radius 1 is 1.25 bits per heavy atom. The standard InChI is InChI=1S/C16H16N4O2S2/c1-2-3-4-13-19-20-15(24-13)18-14(21)11-5-7-12(8-6-11)22-16-17-9-10-23-16/h5-10H,2-4H2,1H3,(H,18,20,21). The first-order chi connectivity index (χ1) is 11.7. The third kappa shape index (κ3) is 4.36. The fraction of sp³-hybridized carbons (Fsp3) is 0.250. The molecule has 124 valence electrons. The predicted molar refractivity (Wildman–Crippen MR) is 95.1 cm³/mol. The topological polar surface area (TPSA) is 77.0 Å². The van der Waals surface area contributed by atoms with Gasteiger partial charge in [-0.1, -0.05) is 36.0 Å². The van der Waals surface area contributed by atoms with Crippen LogP contribution < -0.4 is 10.1 Å². The quantitative estimate of drug-likeness (QED) is 0.676. The number of thiazole rings is 1. The largest absolute Gasteiger partial charge is 0.431 e. The fourth-order valence-corrected chi connectivity index (χ4v) is 3.22. The van der Waals surface area contributed by atoms with Crippen molar-refractivity contribution in [3.63, 3.8) is 0 Å². The van der Waals surface area contributed by atoms with Gasteiger partial charge in [0, 0.05) is 23.6 Å². The second kappa shape index (κ2) is 7.98. The lowest BCUT2D eigenvalue weighted by Gasteiger charge is -2.04. The number of anilines is 1. The van der Waals surface area contributed by atoms with Crippen LogP contribution in [0.1, 0.15) is 35.1 Å². The molecular weight excluding hydrogens is 344 g/mol. The van der Waals surface area contributed by atoms with Crippen molar-refractivity contribution in [3.8, 4) is 10.9 Å². The number of benzene rings is 1. The summed E-state index contributed by atoms with van der Waals surface area (Å²) in [6, 6.07) is 6.89. The normalized spacial score (nSPS) is 10.5. The summed E-state index contributed by atoms with van der Waals surface area (Å²) >= 11 is 2.83. The van der Waals surface area contributed by atoms with Crippen LogP contribution >= 0.6 is 22.7 Å². The van der Waals surface area contributed by atoms with E-state index < -0.39 is 0 Å². The lowest BCUT2D eigenvalue weighted by atomic mass is 10.2. The summed E-state index contributed by atoms with van der Waals surface area (Å²) in [6.07, 6.45) is 4.76. The summed E-state index contributed by atoms with van der Waals surface area (Å²) in [5.41, 5.74) is 0.534. The van der Waals surface area contributed by atoms with Crippen molar-refractivity contribution in [2.24, 2.45) is 0 Å². The summed E-state index contributed by atoms with van der Waals surface area (Å²) < 4.78 is 5.57. The summed E-state index contributed by atoms with van der Waals surface area (Å²) in [4.78, 5) is 16.3. The maximum Gasteiger partial charge on any atom is 0.278 e. The molecule has 0 spiro atoms. The van der Waals surface area contributed by atoms with E-state index in [1.807, 2.05) is 5.38 Å². The molecule has 6 nitrogen and oxygen atoms in total. The number of aromatic nitrogens is 3. The Morgan fingerprint density at radius 2 is 2.08 bits per heavy atom. The van der Waals surface area contributed by atoms with Crippen molar-refractivity contribution in [1.82, 2.24) is 15.2 Å². The van der Waals surface area contributed by atoms with Crippen molar-refractivity contribution >= 4 is 33.7 Å². The van der Waals surface area contributed by atoms with E-state index in [9.17, 15) is 4.79 Å². The minimum Gasteiger partial charge on any atom is -0.431 e. The lowest BCUT2D eigenvalue weighted by Crippen LogP contribution is -2.11. The zero-order valence-corrected chi connectivity index (χ0v) is 14.7. The molecule has 0 aliphatic carbocycles. The van der Waals surface area contributed by atoms with Gasteiger partial charge in [-0.2, -0.15) is 0 Å². The smallest absolute Gasteiger partial charge is 0.278 e. The molecule has 0 unspecified atom stereocenters. The van der Waals surface area contributed by atoms with Gasteiger partial charge in [-0.25, -0.2) is 4.98 Å². The van der Waals surface area contributed by atoms with Gasteiger partial charge in [0.1, 0.15) is 10.8 Å². The minimum absolute atomic E-state index is 0.214. The van der Waals surface area contributed by atoms with E-state index in [-0.39, 0.29) is 5.91 Å². The van der Waals surface area contributed by atoms with Crippen LogP contribution in [0.5, 0.6) is 10.9 Å². The molecule has 8 heteroatoms. The summed E-state index contributed by atoms with van der Waals surface area (Å²) in [6.45, 7) is 2.13. The monoisotopic (exact) mass is 360 g/mol. The summed E-state index contributed by atoms with van der Waals surface area (Å²) in [5.74, 6) is 0.424. The predicted octanol–water partition coefficient (Wildman–Crippen LogP) is 4.38. The van der Waals surface area contributed by atoms with Gasteiger partial charge in [-0.05, 0) is 30.7 Å². The number of aryl methyl sites for hydroxylation is 1. The van der Waals surface area contributed by atoms with Crippen LogP contribution in [-0.2, 0) is 6.42 Å². The SMILES string of the molecule is CCCCc1nnc(NC(=O)c2ccc(Oc3nccs3)cc2)s1. The number of carbonyl (C=O) groups excluding carboxylic acids is 1. The average Bonchev–Trinajstić information content (AvgIpc) is 3.25. The molecule has 0 atom stereocenters. The number of amides is 1. The Morgan fingerprint density at radius 3 is 2.79 bits per heavy atom. The molecule has 3 rings (SSSR count). The van der Waals surface area contributed by atoms with E-state index in [0.29, 0.717) is 21.6 Å². The number of nitrogens with zero attached hydrogens (tertiary/aromatic N) is 3. The summed E-state index contributed by atoms with van der Waals surface area (Å²) in [7, 11) is 0. The van der Waals surface area contributed by atoms with E-state index in [2.05, 4.69) is 27.4 Å². The highest BCUT2D eigenvalue weighted by Gasteiger charge is 2.10. The molecule has 0 aliphatic rings. The lowest BCUT2D eigenvalue weighted by molar-refractivity contribution is 0.102. The minimum atomic E-state index is -0.214.